The van der Waals surface area contributed by atoms with Crippen LogP contribution in [0.5, 0.6) is 0 Å². The van der Waals surface area contributed by atoms with Gasteiger partial charge in [0.25, 0.3) is 5.91 Å². The summed E-state index contributed by atoms with van der Waals surface area (Å²) in [6, 6.07) is 1.61. The zero-order valence-corrected chi connectivity index (χ0v) is 11.4. The Bertz CT molecular complexity index is 599. The van der Waals surface area contributed by atoms with Crippen molar-refractivity contribution in [2.45, 2.75) is 18.4 Å². The van der Waals surface area contributed by atoms with E-state index < -0.39 is 35.8 Å². The van der Waals surface area contributed by atoms with Crippen molar-refractivity contribution in [1.82, 2.24) is 5.06 Å². The molecule has 0 heterocycles. The van der Waals surface area contributed by atoms with Crippen LogP contribution in [-0.4, -0.2) is 30.2 Å². The molecule has 0 aliphatic rings. The van der Waals surface area contributed by atoms with Crippen molar-refractivity contribution in [3.05, 3.63) is 35.4 Å². The Kier molecular flexibility index (Phi) is 5.25. The molecule has 128 valence electrons. The molecule has 23 heavy (non-hydrogen) atoms. The summed E-state index contributed by atoms with van der Waals surface area (Å²) < 4.78 is 73.7. The summed E-state index contributed by atoms with van der Waals surface area (Å²) in [6.45, 7) is 0. The van der Waals surface area contributed by atoms with Crippen molar-refractivity contribution in [1.29, 1.82) is 0 Å². The van der Waals surface area contributed by atoms with E-state index >= 15 is 0 Å². The third kappa shape index (κ3) is 4.84. The van der Waals surface area contributed by atoms with Crippen LogP contribution in [-0.2, 0) is 20.6 Å². The summed E-state index contributed by atoms with van der Waals surface area (Å²) in [7, 11) is 0.680. The fraction of sp³-hybridized carbons (Fsp3) is 0.333. The van der Waals surface area contributed by atoms with Crippen molar-refractivity contribution in [2.75, 3.05) is 7.05 Å². The van der Waals surface area contributed by atoms with Gasteiger partial charge in [-0.3, -0.25) is 4.79 Å². The molecule has 5 nitrogen and oxygen atoms in total. The van der Waals surface area contributed by atoms with Gasteiger partial charge in [-0.05, 0) is 17.7 Å². The minimum Gasteiger partial charge on any atom is -0.330 e. The molecule has 0 bridgehead atoms. The van der Waals surface area contributed by atoms with Crippen LogP contribution in [0.4, 0.5) is 26.3 Å². The second-order valence-electron chi connectivity index (χ2n) is 4.31. The molecule has 1 amide bonds. The maximum absolute atomic E-state index is 12.6. The minimum atomic E-state index is -5.34. The van der Waals surface area contributed by atoms with Crippen LogP contribution in [0.25, 0.3) is 0 Å². The van der Waals surface area contributed by atoms with E-state index in [2.05, 4.69) is 4.84 Å². The highest BCUT2D eigenvalue weighted by Crippen LogP contribution is 2.30. The molecule has 2 N–H and O–H groups in total. The number of hydrogen-bond donors (Lipinski definition) is 1. The third-order valence-electron chi connectivity index (χ3n) is 2.60. The molecule has 0 aromatic heterocycles. The van der Waals surface area contributed by atoms with Gasteiger partial charge in [0, 0.05) is 7.05 Å². The summed E-state index contributed by atoms with van der Waals surface area (Å²) in [5, 5.41) is -0.0826. The number of rotatable bonds is 2. The van der Waals surface area contributed by atoms with Crippen LogP contribution in [0.2, 0.25) is 0 Å². The van der Waals surface area contributed by atoms with E-state index in [-0.39, 0.29) is 10.6 Å². The molecule has 0 saturated heterocycles. The predicted octanol–water partition coefficient (Wildman–Crippen LogP) is 2.18. The highest BCUT2D eigenvalue weighted by atomic mass is 19.4. The van der Waals surface area contributed by atoms with Gasteiger partial charge in [0.15, 0.2) is 0 Å². The number of nitrogens with zero attached hydrogens (tertiary/aromatic N) is 1. The Morgan fingerprint density at radius 3 is 2.22 bits per heavy atom. The molecule has 1 rings (SSSR count). The lowest BCUT2D eigenvalue weighted by atomic mass is 10.0. The molecule has 1 atom stereocenters. The van der Waals surface area contributed by atoms with Gasteiger partial charge >= 0.3 is 18.3 Å². The number of nitrogens with two attached hydrogens (primary N) is 1. The molecule has 11 heteroatoms. The van der Waals surface area contributed by atoms with Crippen molar-refractivity contribution in [3.8, 4) is 0 Å². The fourth-order valence-electron chi connectivity index (χ4n) is 1.47. The number of carbonyl (C=O) groups excluding carboxylic acids is 2. The van der Waals surface area contributed by atoms with Gasteiger partial charge in [0.2, 0.25) is 0 Å². The van der Waals surface area contributed by atoms with Gasteiger partial charge in [0.05, 0.1) is 5.56 Å². The number of carbonyl (C=O) groups is 2. The van der Waals surface area contributed by atoms with Crippen LogP contribution in [0.15, 0.2) is 24.3 Å². The van der Waals surface area contributed by atoms with E-state index in [1.165, 1.54) is 0 Å². The van der Waals surface area contributed by atoms with Crippen LogP contribution >= 0.6 is 0 Å². The lowest BCUT2D eigenvalue weighted by Crippen LogP contribution is -2.40. The topological polar surface area (TPSA) is 72.6 Å². The van der Waals surface area contributed by atoms with E-state index in [0.29, 0.717) is 13.1 Å². The van der Waals surface area contributed by atoms with Gasteiger partial charge in [0.1, 0.15) is 6.04 Å². The quantitative estimate of drug-likeness (QED) is 0.659. The number of benzene rings is 1. The van der Waals surface area contributed by atoms with Gasteiger partial charge in [-0.15, -0.1) is 0 Å². The number of amides is 1. The van der Waals surface area contributed by atoms with Crippen molar-refractivity contribution in [2.24, 2.45) is 5.73 Å². The number of hydroxylamine groups is 2. The molecule has 1 aromatic carbocycles. The average molecular weight is 344 g/mol. The standard InChI is InChI=1S/C12H10F6N2O3/c1-20(23-10(22)12(16,17)18)9(21)8(19)6-3-2-4-7(5-6)11(13,14)15/h2-5,8H,19H2,1H3. The lowest BCUT2D eigenvalue weighted by molar-refractivity contribution is -0.233. The molecular weight excluding hydrogens is 334 g/mol. The van der Waals surface area contributed by atoms with Gasteiger partial charge < -0.3 is 10.6 Å². The Balaban J connectivity index is 2.90. The van der Waals surface area contributed by atoms with E-state index in [9.17, 15) is 35.9 Å². The zero-order chi connectivity index (χ0) is 18.0. The van der Waals surface area contributed by atoms with Crippen LogP contribution in [0.3, 0.4) is 0 Å². The van der Waals surface area contributed by atoms with Crippen LogP contribution < -0.4 is 5.73 Å². The lowest BCUT2D eigenvalue weighted by Gasteiger charge is -2.21. The Hall–Kier alpha value is -2.30. The van der Waals surface area contributed by atoms with Gasteiger partial charge in [-0.25, -0.2) is 4.79 Å². The van der Waals surface area contributed by atoms with Crippen molar-refractivity contribution in [3.63, 3.8) is 0 Å². The number of likely N-dealkylation sites (N-methyl/N-ethyl adjacent to an activating group) is 1. The normalized spacial score (nSPS) is 13.4. The van der Waals surface area contributed by atoms with Crippen LogP contribution in [0.1, 0.15) is 17.2 Å². The molecule has 1 aromatic rings. The summed E-state index contributed by atoms with van der Waals surface area (Å²) in [6.07, 6.45) is -10.0. The summed E-state index contributed by atoms with van der Waals surface area (Å²) >= 11 is 0. The maximum Gasteiger partial charge on any atom is 0.493 e. The second-order valence-corrected chi connectivity index (χ2v) is 4.31. The molecule has 0 aliphatic heterocycles. The third-order valence-corrected chi connectivity index (χ3v) is 2.60. The Morgan fingerprint density at radius 2 is 1.74 bits per heavy atom. The number of alkyl halides is 6. The van der Waals surface area contributed by atoms with E-state index in [1.54, 1.807) is 0 Å². The van der Waals surface area contributed by atoms with E-state index in [1.807, 2.05) is 0 Å². The van der Waals surface area contributed by atoms with Crippen LogP contribution in [0, 0.1) is 0 Å². The first-order chi connectivity index (χ1) is 10.3. The largest absolute Gasteiger partial charge is 0.493 e. The average Bonchev–Trinajstić information content (AvgIpc) is 2.43. The zero-order valence-electron chi connectivity index (χ0n) is 11.4. The SMILES string of the molecule is CN(OC(=O)C(F)(F)F)C(=O)C(N)c1cccc(C(F)(F)F)c1. The Morgan fingerprint density at radius 1 is 1.17 bits per heavy atom. The second kappa shape index (κ2) is 6.44. The highest BCUT2D eigenvalue weighted by molar-refractivity contribution is 5.84. The van der Waals surface area contributed by atoms with Crippen molar-refractivity contribution >= 4 is 11.9 Å². The first kappa shape index (κ1) is 18.7. The summed E-state index contributed by atoms with van der Waals surface area (Å²) in [4.78, 5) is 26.1. The Labute approximate surface area is 125 Å². The number of hydrogen-bond acceptors (Lipinski definition) is 4. The monoisotopic (exact) mass is 344 g/mol. The smallest absolute Gasteiger partial charge is 0.330 e. The highest BCUT2D eigenvalue weighted by Gasteiger charge is 2.43. The molecule has 1 unspecified atom stereocenters. The molecule has 0 radical (unpaired) electrons. The summed E-state index contributed by atoms with van der Waals surface area (Å²) in [5.41, 5.74) is 4.01. The van der Waals surface area contributed by atoms with E-state index in [0.717, 1.165) is 18.2 Å². The molecule has 0 saturated carbocycles. The van der Waals surface area contributed by atoms with Gasteiger partial charge in [-0.1, -0.05) is 12.1 Å². The van der Waals surface area contributed by atoms with E-state index in [4.69, 9.17) is 5.73 Å². The van der Waals surface area contributed by atoms with Crippen molar-refractivity contribution < 1.29 is 40.8 Å². The number of halogens is 6. The minimum absolute atomic E-state index is 0.0826. The molecule has 0 aliphatic carbocycles. The molecule has 0 spiro atoms. The first-order valence-electron chi connectivity index (χ1n) is 5.83. The van der Waals surface area contributed by atoms with Gasteiger partial charge in [-0.2, -0.15) is 31.4 Å². The maximum atomic E-state index is 12.6. The first-order valence-corrected chi connectivity index (χ1v) is 5.83. The summed E-state index contributed by atoms with van der Waals surface area (Å²) in [5.74, 6) is -3.99. The molecule has 0 fully saturated rings. The fourth-order valence-corrected chi connectivity index (χ4v) is 1.47. The molecular formula is C12H10F6N2O3. The predicted molar refractivity (Wildman–Crippen MR) is 63.3 cm³/mol.